The molecule has 0 unspecified atom stereocenters. The summed E-state index contributed by atoms with van der Waals surface area (Å²) in [4.78, 5) is 12.1. The van der Waals surface area contributed by atoms with Gasteiger partial charge in [0.05, 0.1) is 0 Å². The Morgan fingerprint density at radius 2 is 2.14 bits per heavy atom. The zero-order valence-electron chi connectivity index (χ0n) is 13.1. The second-order valence-electron chi connectivity index (χ2n) is 6.01. The molecule has 0 spiro atoms. The zero-order valence-corrected chi connectivity index (χ0v) is 13.1. The standard InChI is InChI=1S/C17H28N2O2/c1-13(2)9-15(12-18)11-17(21)19-16-7-3-5-14(10-16)6-4-8-20/h3,5,7,10,13,15,20H,4,6,8-9,11-12,18H2,1-2H3,(H,19,21)/t15-/m0/s1. The smallest absolute Gasteiger partial charge is 0.224 e. The number of carbonyl (C=O) groups is 1. The maximum Gasteiger partial charge on any atom is 0.224 e. The van der Waals surface area contributed by atoms with E-state index in [-0.39, 0.29) is 18.4 Å². The summed E-state index contributed by atoms with van der Waals surface area (Å²) in [5.74, 6) is 0.807. The average molecular weight is 292 g/mol. The molecule has 4 heteroatoms. The van der Waals surface area contributed by atoms with E-state index in [0.717, 1.165) is 30.5 Å². The topological polar surface area (TPSA) is 75.4 Å². The van der Waals surface area contributed by atoms with Gasteiger partial charge in [0.1, 0.15) is 0 Å². The molecule has 0 radical (unpaired) electrons. The first kappa shape index (κ1) is 17.7. The number of carbonyl (C=O) groups excluding carboxylic acids is 1. The first-order valence-electron chi connectivity index (χ1n) is 7.74. The van der Waals surface area contributed by atoms with Crippen LogP contribution in [-0.4, -0.2) is 24.2 Å². The summed E-state index contributed by atoms with van der Waals surface area (Å²) in [5.41, 5.74) is 7.68. The van der Waals surface area contributed by atoms with Crippen LogP contribution in [0.2, 0.25) is 0 Å². The Balaban J connectivity index is 2.53. The molecule has 4 nitrogen and oxygen atoms in total. The van der Waals surface area contributed by atoms with E-state index < -0.39 is 0 Å². The minimum Gasteiger partial charge on any atom is -0.396 e. The van der Waals surface area contributed by atoms with Crippen molar-refractivity contribution >= 4 is 11.6 Å². The van der Waals surface area contributed by atoms with Crippen LogP contribution in [0.1, 0.15) is 38.7 Å². The maximum absolute atomic E-state index is 12.1. The van der Waals surface area contributed by atoms with Crippen LogP contribution in [0.5, 0.6) is 0 Å². The summed E-state index contributed by atoms with van der Waals surface area (Å²) in [5, 5.41) is 11.8. The number of anilines is 1. The van der Waals surface area contributed by atoms with Crippen LogP contribution in [-0.2, 0) is 11.2 Å². The van der Waals surface area contributed by atoms with Gasteiger partial charge in [-0.2, -0.15) is 0 Å². The number of aliphatic hydroxyl groups excluding tert-OH is 1. The van der Waals surface area contributed by atoms with Crippen LogP contribution in [0.3, 0.4) is 0 Å². The lowest BCUT2D eigenvalue weighted by atomic mass is 9.94. The van der Waals surface area contributed by atoms with Gasteiger partial charge in [0.2, 0.25) is 5.91 Å². The molecule has 4 N–H and O–H groups in total. The van der Waals surface area contributed by atoms with Crippen LogP contribution in [0.4, 0.5) is 5.69 Å². The number of nitrogens with one attached hydrogen (secondary N) is 1. The Morgan fingerprint density at radius 1 is 1.38 bits per heavy atom. The normalized spacial score (nSPS) is 12.4. The molecule has 1 amide bonds. The second kappa shape index (κ2) is 9.53. The fourth-order valence-corrected chi connectivity index (χ4v) is 2.49. The van der Waals surface area contributed by atoms with Crippen LogP contribution < -0.4 is 11.1 Å². The second-order valence-corrected chi connectivity index (χ2v) is 6.01. The van der Waals surface area contributed by atoms with Gasteiger partial charge in [0.25, 0.3) is 0 Å². The van der Waals surface area contributed by atoms with Gasteiger partial charge in [-0.1, -0.05) is 26.0 Å². The van der Waals surface area contributed by atoms with E-state index in [1.54, 1.807) is 0 Å². The highest BCUT2D eigenvalue weighted by atomic mass is 16.2. The molecular weight excluding hydrogens is 264 g/mol. The number of nitrogens with two attached hydrogens (primary N) is 1. The number of hydrogen-bond donors (Lipinski definition) is 3. The van der Waals surface area contributed by atoms with Crippen LogP contribution in [0.15, 0.2) is 24.3 Å². The van der Waals surface area contributed by atoms with Crippen molar-refractivity contribution in [3.8, 4) is 0 Å². The molecule has 0 aromatic heterocycles. The van der Waals surface area contributed by atoms with E-state index in [2.05, 4.69) is 19.2 Å². The molecular formula is C17H28N2O2. The van der Waals surface area contributed by atoms with Crippen molar-refractivity contribution in [2.45, 2.75) is 39.5 Å². The lowest BCUT2D eigenvalue weighted by Gasteiger charge is -2.16. The zero-order chi connectivity index (χ0) is 15.7. The van der Waals surface area contributed by atoms with E-state index in [1.165, 1.54) is 0 Å². The highest BCUT2D eigenvalue weighted by Gasteiger charge is 2.14. The number of hydrogen-bond acceptors (Lipinski definition) is 3. The van der Waals surface area contributed by atoms with Crippen molar-refractivity contribution in [1.29, 1.82) is 0 Å². The Morgan fingerprint density at radius 3 is 2.76 bits per heavy atom. The lowest BCUT2D eigenvalue weighted by molar-refractivity contribution is -0.117. The van der Waals surface area contributed by atoms with E-state index in [1.807, 2.05) is 24.3 Å². The number of aliphatic hydroxyl groups is 1. The first-order chi connectivity index (χ1) is 10.0. The highest BCUT2D eigenvalue weighted by Crippen LogP contribution is 2.17. The quantitative estimate of drug-likeness (QED) is 0.655. The van der Waals surface area contributed by atoms with E-state index in [4.69, 9.17) is 10.8 Å². The fraction of sp³-hybridized carbons (Fsp3) is 0.588. The Bertz CT molecular complexity index is 433. The van der Waals surface area contributed by atoms with Gasteiger partial charge >= 0.3 is 0 Å². The fourth-order valence-electron chi connectivity index (χ4n) is 2.49. The third-order valence-corrected chi connectivity index (χ3v) is 3.45. The van der Waals surface area contributed by atoms with Crippen molar-refractivity contribution in [1.82, 2.24) is 0 Å². The minimum absolute atomic E-state index is 0.0189. The number of amides is 1. The predicted octanol–water partition coefficient (Wildman–Crippen LogP) is 2.56. The summed E-state index contributed by atoms with van der Waals surface area (Å²) in [6.07, 6.45) is 3.00. The first-order valence-corrected chi connectivity index (χ1v) is 7.74. The molecule has 0 saturated heterocycles. The predicted molar refractivity (Wildman–Crippen MR) is 87.1 cm³/mol. The van der Waals surface area contributed by atoms with Gasteiger partial charge < -0.3 is 16.2 Å². The monoisotopic (exact) mass is 292 g/mol. The molecule has 118 valence electrons. The molecule has 1 rings (SSSR count). The molecule has 1 aromatic carbocycles. The van der Waals surface area contributed by atoms with Crippen molar-refractivity contribution in [2.24, 2.45) is 17.6 Å². The third-order valence-electron chi connectivity index (χ3n) is 3.45. The van der Waals surface area contributed by atoms with Crippen molar-refractivity contribution in [2.75, 3.05) is 18.5 Å². The highest BCUT2D eigenvalue weighted by molar-refractivity contribution is 5.90. The van der Waals surface area contributed by atoms with Crippen molar-refractivity contribution < 1.29 is 9.90 Å². The molecule has 0 saturated carbocycles. The summed E-state index contributed by atoms with van der Waals surface area (Å²) in [7, 11) is 0. The van der Waals surface area contributed by atoms with Crippen LogP contribution >= 0.6 is 0 Å². The van der Waals surface area contributed by atoms with Gasteiger partial charge in [-0.3, -0.25) is 4.79 Å². The molecule has 0 aliphatic rings. The average Bonchev–Trinajstić information content (AvgIpc) is 2.44. The Kier molecular flexibility index (Phi) is 8.01. The molecule has 0 aliphatic heterocycles. The van der Waals surface area contributed by atoms with Gasteiger partial charge in [0, 0.05) is 18.7 Å². The molecule has 1 aromatic rings. The SMILES string of the molecule is CC(C)C[C@H](CN)CC(=O)Nc1cccc(CCCO)c1. The molecule has 0 aliphatic carbocycles. The molecule has 0 bridgehead atoms. The van der Waals surface area contributed by atoms with Gasteiger partial charge in [-0.15, -0.1) is 0 Å². The molecule has 21 heavy (non-hydrogen) atoms. The van der Waals surface area contributed by atoms with E-state index >= 15 is 0 Å². The van der Waals surface area contributed by atoms with Gasteiger partial charge in [-0.05, 0) is 55.3 Å². The number of benzene rings is 1. The van der Waals surface area contributed by atoms with Crippen LogP contribution in [0, 0.1) is 11.8 Å². The summed E-state index contributed by atoms with van der Waals surface area (Å²) >= 11 is 0. The molecule has 0 heterocycles. The van der Waals surface area contributed by atoms with Gasteiger partial charge in [0.15, 0.2) is 0 Å². The summed E-state index contributed by atoms with van der Waals surface area (Å²) in [6.45, 7) is 5.02. The number of aryl methyl sites for hydroxylation is 1. The minimum atomic E-state index is 0.0189. The lowest BCUT2D eigenvalue weighted by Crippen LogP contribution is -2.23. The van der Waals surface area contributed by atoms with E-state index in [0.29, 0.717) is 18.9 Å². The summed E-state index contributed by atoms with van der Waals surface area (Å²) < 4.78 is 0. The third kappa shape index (κ3) is 7.25. The Hall–Kier alpha value is -1.39. The van der Waals surface area contributed by atoms with Crippen LogP contribution in [0.25, 0.3) is 0 Å². The van der Waals surface area contributed by atoms with Crippen molar-refractivity contribution in [3.05, 3.63) is 29.8 Å². The Labute approximate surface area is 127 Å². The van der Waals surface area contributed by atoms with Gasteiger partial charge in [-0.25, -0.2) is 0 Å². The van der Waals surface area contributed by atoms with Crippen molar-refractivity contribution in [3.63, 3.8) is 0 Å². The molecule has 0 fully saturated rings. The van der Waals surface area contributed by atoms with E-state index in [9.17, 15) is 4.79 Å². The summed E-state index contributed by atoms with van der Waals surface area (Å²) in [6, 6.07) is 7.79. The number of rotatable bonds is 9. The maximum atomic E-state index is 12.1. The molecule has 1 atom stereocenters. The largest absolute Gasteiger partial charge is 0.396 e.